The first kappa shape index (κ1) is 8.80. The van der Waals surface area contributed by atoms with Gasteiger partial charge in [-0.1, -0.05) is 0 Å². The van der Waals surface area contributed by atoms with Crippen molar-refractivity contribution in [3.63, 3.8) is 0 Å². The molecular weight excluding hydrogens is 156 g/mol. The number of ether oxygens (including phenoxy) is 1. The Bertz CT molecular complexity index is 243. The Labute approximate surface area is 71.1 Å². The van der Waals surface area contributed by atoms with Crippen LogP contribution in [-0.4, -0.2) is 26.2 Å². The lowest BCUT2D eigenvalue weighted by Crippen LogP contribution is -2.27. The smallest absolute Gasteiger partial charge is 0.335 e. The number of methoxy groups -OCH3 is 1. The summed E-state index contributed by atoms with van der Waals surface area (Å²) in [5.41, 5.74) is 6.93. The molecule has 0 unspecified atom stereocenters. The maximum atomic E-state index is 11.0. The summed E-state index contributed by atoms with van der Waals surface area (Å²) >= 11 is 0. The number of nitrogens with two attached hydrogens (primary N) is 1. The fourth-order valence-corrected chi connectivity index (χ4v) is 0.939. The van der Waals surface area contributed by atoms with Gasteiger partial charge in [-0.05, 0) is 12.2 Å². The average Bonchev–Trinajstić information content (AvgIpc) is 2.17. The third-order valence-electron chi connectivity index (χ3n) is 1.66. The molecule has 1 aliphatic rings. The zero-order valence-electron chi connectivity index (χ0n) is 6.96. The van der Waals surface area contributed by atoms with Gasteiger partial charge in [0.25, 0.3) is 0 Å². The van der Waals surface area contributed by atoms with Crippen molar-refractivity contribution < 1.29 is 9.53 Å². The van der Waals surface area contributed by atoms with Gasteiger partial charge in [-0.3, -0.25) is 0 Å². The number of rotatable bonds is 2. The van der Waals surface area contributed by atoms with Crippen molar-refractivity contribution in [2.24, 2.45) is 5.73 Å². The lowest BCUT2D eigenvalue weighted by atomic mass is 10.1. The Morgan fingerprint density at radius 3 is 2.92 bits per heavy atom. The highest BCUT2D eigenvalue weighted by Crippen LogP contribution is 2.04. The van der Waals surface area contributed by atoms with Crippen molar-refractivity contribution in [1.82, 2.24) is 5.32 Å². The summed E-state index contributed by atoms with van der Waals surface area (Å²) < 4.78 is 4.55. The Kier molecular flexibility index (Phi) is 2.88. The maximum absolute atomic E-state index is 11.0. The molecule has 0 saturated carbocycles. The van der Waals surface area contributed by atoms with E-state index in [9.17, 15) is 4.79 Å². The van der Waals surface area contributed by atoms with Crippen molar-refractivity contribution in [3.05, 3.63) is 23.4 Å². The van der Waals surface area contributed by atoms with Crippen LogP contribution >= 0.6 is 0 Å². The molecule has 0 atom stereocenters. The van der Waals surface area contributed by atoms with Gasteiger partial charge in [-0.2, -0.15) is 0 Å². The molecule has 12 heavy (non-hydrogen) atoms. The van der Waals surface area contributed by atoms with Gasteiger partial charge >= 0.3 is 5.97 Å². The maximum Gasteiger partial charge on any atom is 0.335 e. The quantitative estimate of drug-likeness (QED) is 0.547. The van der Waals surface area contributed by atoms with Gasteiger partial charge in [0.2, 0.25) is 0 Å². The molecule has 1 rings (SSSR count). The molecule has 0 aliphatic carbocycles. The van der Waals surface area contributed by atoms with Crippen molar-refractivity contribution in [1.29, 1.82) is 0 Å². The lowest BCUT2D eigenvalue weighted by Gasteiger charge is -2.14. The highest BCUT2D eigenvalue weighted by atomic mass is 16.5. The van der Waals surface area contributed by atoms with E-state index in [1.54, 1.807) is 12.2 Å². The van der Waals surface area contributed by atoms with Crippen LogP contribution in [0.3, 0.4) is 0 Å². The summed E-state index contributed by atoms with van der Waals surface area (Å²) in [5, 5.41) is 3.00. The van der Waals surface area contributed by atoms with E-state index in [1.807, 2.05) is 0 Å². The topological polar surface area (TPSA) is 64.3 Å². The van der Waals surface area contributed by atoms with Crippen LogP contribution in [0.25, 0.3) is 0 Å². The van der Waals surface area contributed by atoms with E-state index < -0.39 is 0 Å². The van der Waals surface area contributed by atoms with Gasteiger partial charge in [-0.15, -0.1) is 0 Å². The number of esters is 1. The molecule has 1 heterocycles. The molecule has 4 nitrogen and oxygen atoms in total. The molecule has 0 aromatic rings. The van der Waals surface area contributed by atoms with Gasteiger partial charge in [0.1, 0.15) is 0 Å². The predicted octanol–water partition coefficient (Wildman–Crippen LogP) is -0.468. The molecule has 0 radical (unpaired) electrons. The largest absolute Gasteiger partial charge is 0.466 e. The summed E-state index contributed by atoms with van der Waals surface area (Å²) in [4.78, 5) is 11.0. The second kappa shape index (κ2) is 3.92. The standard InChI is InChI=1S/C8H12N2O2/c1-12-8(11)6-2-3-7(4-9)10-5-6/h2-3,10H,4-5,9H2,1H3. The van der Waals surface area contributed by atoms with Gasteiger partial charge in [-0.25, -0.2) is 4.79 Å². The van der Waals surface area contributed by atoms with E-state index in [0.29, 0.717) is 18.7 Å². The molecule has 66 valence electrons. The van der Waals surface area contributed by atoms with Gasteiger partial charge in [0.05, 0.1) is 12.7 Å². The summed E-state index contributed by atoms with van der Waals surface area (Å²) in [6.45, 7) is 0.959. The van der Waals surface area contributed by atoms with Crippen LogP contribution in [0.1, 0.15) is 0 Å². The third-order valence-corrected chi connectivity index (χ3v) is 1.66. The lowest BCUT2D eigenvalue weighted by molar-refractivity contribution is -0.136. The molecule has 0 bridgehead atoms. The van der Waals surface area contributed by atoms with E-state index in [1.165, 1.54) is 7.11 Å². The normalized spacial score (nSPS) is 15.8. The molecule has 1 aliphatic heterocycles. The van der Waals surface area contributed by atoms with Crippen molar-refractivity contribution in [2.45, 2.75) is 0 Å². The first-order valence-corrected chi connectivity index (χ1v) is 3.70. The molecule has 0 saturated heterocycles. The van der Waals surface area contributed by atoms with E-state index >= 15 is 0 Å². The third kappa shape index (κ3) is 1.85. The van der Waals surface area contributed by atoms with Crippen LogP contribution < -0.4 is 11.1 Å². The molecular formula is C8H12N2O2. The number of carbonyl (C=O) groups is 1. The van der Waals surface area contributed by atoms with Crippen LogP contribution in [0.2, 0.25) is 0 Å². The Morgan fingerprint density at radius 2 is 2.50 bits per heavy atom. The van der Waals surface area contributed by atoms with Crippen LogP contribution in [0.4, 0.5) is 0 Å². The van der Waals surface area contributed by atoms with Crippen LogP contribution in [0.15, 0.2) is 23.4 Å². The number of nitrogens with one attached hydrogen (secondary N) is 1. The second-order valence-electron chi connectivity index (χ2n) is 2.43. The zero-order valence-corrected chi connectivity index (χ0v) is 6.96. The number of hydrogen-bond acceptors (Lipinski definition) is 4. The van der Waals surface area contributed by atoms with E-state index in [2.05, 4.69) is 10.1 Å². The fourth-order valence-electron chi connectivity index (χ4n) is 0.939. The summed E-state index contributed by atoms with van der Waals surface area (Å²) in [5.74, 6) is -0.296. The van der Waals surface area contributed by atoms with Gasteiger partial charge in [0, 0.05) is 18.8 Å². The van der Waals surface area contributed by atoms with E-state index in [0.717, 1.165) is 5.70 Å². The van der Waals surface area contributed by atoms with Crippen molar-refractivity contribution in [2.75, 3.05) is 20.2 Å². The van der Waals surface area contributed by atoms with Crippen LogP contribution in [0, 0.1) is 0 Å². The van der Waals surface area contributed by atoms with Crippen LogP contribution in [-0.2, 0) is 9.53 Å². The molecule has 0 aromatic carbocycles. The molecule has 0 amide bonds. The van der Waals surface area contributed by atoms with Gasteiger partial charge in [0.15, 0.2) is 0 Å². The predicted molar refractivity (Wildman–Crippen MR) is 45.2 cm³/mol. The summed E-state index contributed by atoms with van der Waals surface area (Å²) in [6.07, 6.45) is 3.51. The minimum Gasteiger partial charge on any atom is -0.466 e. The SMILES string of the molecule is COC(=O)C1=CC=C(CN)NC1. The number of allylic oxidation sites excluding steroid dienone is 2. The number of carbonyl (C=O) groups excluding carboxylic acids is 1. The average molecular weight is 168 g/mol. The van der Waals surface area contributed by atoms with E-state index in [-0.39, 0.29) is 5.97 Å². The molecule has 3 N–H and O–H groups in total. The Balaban J connectivity index is 2.66. The number of dihydropyridines is 1. The monoisotopic (exact) mass is 168 g/mol. The van der Waals surface area contributed by atoms with Crippen molar-refractivity contribution in [3.8, 4) is 0 Å². The van der Waals surface area contributed by atoms with Gasteiger partial charge < -0.3 is 15.8 Å². The Hall–Kier alpha value is -1.29. The fraction of sp³-hybridized carbons (Fsp3) is 0.375. The molecule has 0 spiro atoms. The number of hydrogen-bond donors (Lipinski definition) is 2. The highest BCUT2D eigenvalue weighted by Gasteiger charge is 2.11. The Morgan fingerprint density at radius 1 is 1.75 bits per heavy atom. The molecule has 4 heteroatoms. The minimum absolute atomic E-state index is 0.296. The van der Waals surface area contributed by atoms with E-state index in [4.69, 9.17) is 5.73 Å². The second-order valence-corrected chi connectivity index (χ2v) is 2.43. The molecule has 0 fully saturated rings. The first-order chi connectivity index (χ1) is 5.77. The summed E-state index contributed by atoms with van der Waals surface area (Å²) in [7, 11) is 1.37. The first-order valence-electron chi connectivity index (χ1n) is 3.70. The van der Waals surface area contributed by atoms with Crippen molar-refractivity contribution >= 4 is 5.97 Å². The highest BCUT2D eigenvalue weighted by molar-refractivity contribution is 5.89. The zero-order chi connectivity index (χ0) is 8.97. The van der Waals surface area contributed by atoms with Crippen LogP contribution in [0.5, 0.6) is 0 Å². The minimum atomic E-state index is -0.296. The summed E-state index contributed by atoms with van der Waals surface area (Å²) in [6, 6.07) is 0. The molecule has 0 aromatic heterocycles.